The maximum absolute atomic E-state index is 1.50. The fourth-order valence-electron chi connectivity index (χ4n) is 1.41. The van der Waals surface area contributed by atoms with E-state index in [9.17, 15) is 0 Å². The second kappa shape index (κ2) is 4.00. The highest BCUT2D eigenvalue weighted by Gasteiger charge is 1.97. The minimum Gasteiger partial charge on any atom is -0.0774 e. The predicted molar refractivity (Wildman–Crippen MR) is 39.8 cm³/mol. The molecule has 1 saturated heterocycles. The Morgan fingerprint density at radius 1 is 0.625 bits per heavy atom. The highest BCUT2D eigenvalue weighted by molar-refractivity contribution is 6.35. The molecule has 0 aromatic rings. The lowest BCUT2D eigenvalue weighted by molar-refractivity contribution is 0.640. The van der Waals surface area contributed by atoms with Crippen LogP contribution >= 0.6 is 0 Å². The molecule has 1 aliphatic heterocycles. The standard InChI is InChI=1S/C7H15B/c1-2-4-6-8-7-5-3-1/h8H,1-7H2. The molecule has 0 spiro atoms. The van der Waals surface area contributed by atoms with Crippen molar-refractivity contribution in [1.29, 1.82) is 0 Å². The van der Waals surface area contributed by atoms with Crippen molar-refractivity contribution < 1.29 is 0 Å². The third kappa shape index (κ3) is 2.39. The molecule has 0 bridgehead atoms. The molecule has 1 fully saturated rings. The zero-order chi connectivity index (χ0) is 5.66. The number of rotatable bonds is 0. The zero-order valence-corrected chi connectivity index (χ0v) is 5.66. The van der Waals surface area contributed by atoms with Gasteiger partial charge in [-0.1, -0.05) is 44.7 Å². The van der Waals surface area contributed by atoms with Gasteiger partial charge >= 0.3 is 0 Å². The molecular formula is C7H15B. The summed E-state index contributed by atoms with van der Waals surface area (Å²) in [6.07, 6.45) is 10.5. The Morgan fingerprint density at radius 2 is 1.12 bits per heavy atom. The molecule has 1 rings (SSSR count). The van der Waals surface area contributed by atoms with Crippen LogP contribution in [0.4, 0.5) is 0 Å². The van der Waals surface area contributed by atoms with Crippen LogP contribution in [-0.2, 0) is 0 Å². The molecule has 1 heteroatoms. The topological polar surface area (TPSA) is 0 Å². The average Bonchev–Trinajstić information content (AvgIpc) is 1.62. The van der Waals surface area contributed by atoms with Crippen molar-refractivity contribution in [3.8, 4) is 0 Å². The molecule has 0 aromatic heterocycles. The Bertz CT molecular complexity index is 28.3. The zero-order valence-electron chi connectivity index (χ0n) is 5.66. The van der Waals surface area contributed by atoms with Crippen LogP contribution in [-0.4, -0.2) is 7.28 Å². The predicted octanol–water partition coefficient (Wildman–Crippen LogP) is 2.22. The summed E-state index contributed by atoms with van der Waals surface area (Å²) in [4.78, 5) is 0. The molecule has 0 N–H and O–H groups in total. The summed E-state index contributed by atoms with van der Waals surface area (Å²) < 4.78 is 0. The first-order valence-corrected chi connectivity index (χ1v) is 4.00. The second-order valence-electron chi connectivity index (χ2n) is 2.83. The van der Waals surface area contributed by atoms with Gasteiger partial charge in [-0.05, 0) is 0 Å². The van der Waals surface area contributed by atoms with Crippen LogP contribution in [0.3, 0.4) is 0 Å². The SMILES string of the molecule is B1CCCCCCC1. The van der Waals surface area contributed by atoms with Crippen LogP contribution < -0.4 is 0 Å². The van der Waals surface area contributed by atoms with E-state index in [1.165, 1.54) is 52.0 Å². The van der Waals surface area contributed by atoms with E-state index < -0.39 is 0 Å². The largest absolute Gasteiger partial charge is 0.120 e. The highest BCUT2D eigenvalue weighted by Crippen LogP contribution is 2.12. The van der Waals surface area contributed by atoms with Gasteiger partial charge in [0.15, 0.2) is 0 Å². The molecule has 0 amide bonds. The monoisotopic (exact) mass is 110 g/mol. The molecule has 1 heterocycles. The van der Waals surface area contributed by atoms with Crippen LogP contribution in [0.25, 0.3) is 0 Å². The van der Waals surface area contributed by atoms with E-state index >= 15 is 0 Å². The van der Waals surface area contributed by atoms with Crippen LogP contribution in [0.2, 0.25) is 12.6 Å². The second-order valence-corrected chi connectivity index (χ2v) is 2.83. The first kappa shape index (κ1) is 6.19. The van der Waals surface area contributed by atoms with Gasteiger partial charge in [0, 0.05) is 0 Å². The lowest BCUT2D eigenvalue weighted by atomic mass is 9.67. The molecule has 8 heavy (non-hydrogen) atoms. The van der Waals surface area contributed by atoms with Crippen LogP contribution in [0.5, 0.6) is 0 Å². The van der Waals surface area contributed by atoms with Gasteiger partial charge in [0.25, 0.3) is 0 Å². The van der Waals surface area contributed by atoms with E-state index in [2.05, 4.69) is 0 Å². The maximum atomic E-state index is 1.50. The molecule has 46 valence electrons. The van der Waals surface area contributed by atoms with Gasteiger partial charge in [0.2, 0.25) is 0 Å². The number of hydrogen-bond acceptors (Lipinski definition) is 0. The van der Waals surface area contributed by atoms with Crippen LogP contribution in [0.1, 0.15) is 32.1 Å². The molecule has 0 unspecified atom stereocenters. The summed E-state index contributed by atoms with van der Waals surface area (Å²) in [7, 11) is 1.50. The summed E-state index contributed by atoms with van der Waals surface area (Å²) in [5.41, 5.74) is 0. The molecule has 0 radical (unpaired) electrons. The Balaban J connectivity index is 2.00. The third-order valence-corrected chi connectivity index (χ3v) is 2.00. The van der Waals surface area contributed by atoms with Gasteiger partial charge in [0.1, 0.15) is 7.28 Å². The molecule has 0 nitrogen and oxygen atoms in total. The van der Waals surface area contributed by atoms with E-state index in [1.54, 1.807) is 0 Å². The smallest absolute Gasteiger partial charge is 0.0774 e. The van der Waals surface area contributed by atoms with Gasteiger partial charge in [-0.3, -0.25) is 0 Å². The summed E-state index contributed by atoms with van der Waals surface area (Å²) in [5, 5.41) is 0. The lowest BCUT2D eigenvalue weighted by Crippen LogP contribution is -1.93. The normalized spacial score (nSPS) is 23.0. The average molecular weight is 110 g/mol. The van der Waals surface area contributed by atoms with E-state index in [1.807, 2.05) is 0 Å². The van der Waals surface area contributed by atoms with Crippen molar-refractivity contribution in [3.05, 3.63) is 0 Å². The minimum absolute atomic E-state index is 1.50. The third-order valence-electron chi connectivity index (χ3n) is 2.00. The van der Waals surface area contributed by atoms with Gasteiger partial charge < -0.3 is 0 Å². The van der Waals surface area contributed by atoms with Crippen molar-refractivity contribution in [3.63, 3.8) is 0 Å². The van der Waals surface area contributed by atoms with Crippen LogP contribution in [0.15, 0.2) is 0 Å². The van der Waals surface area contributed by atoms with Crippen LogP contribution in [0, 0.1) is 0 Å². The Morgan fingerprint density at radius 3 is 1.75 bits per heavy atom. The van der Waals surface area contributed by atoms with Gasteiger partial charge in [0.05, 0.1) is 0 Å². The van der Waals surface area contributed by atoms with E-state index in [4.69, 9.17) is 0 Å². The first-order chi connectivity index (χ1) is 4.00. The Kier molecular flexibility index (Phi) is 3.09. The van der Waals surface area contributed by atoms with Crippen molar-refractivity contribution in [2.24, 2.45) is 0 Å². The molecule has 0 aromatic carbocycles. The Hall–Kier alpha value is 0.0649. The van der Waals surface area contributed by atoms with Crippen molar-refractivity contribution in [2.75, 3.05) is 0 Å². The van der Waals surface area contributed by atoms with E-state index in [0.717, 1.165) is 0 Å². The highest BCUT2D eigenvalue weighted by atomic mass is 13.9. The summed E-state index contributed by atoms with van der Waals surface area (Å²) in [5.74, 6) is 0. The molecule has 1 aliphatic rings. The van der Waals surface area contributed by atoms with E-state index in [0.29, 0.717) is 0 Å². The Labute approximate surface area is 52.9 Å². The fraction of sp³-hybridized carbons (Fsp3) is 1.00. The van der Waals surface area contributed by atoms with Gasteiger partial charge in [-0.2, -0.15) is 0 Å². The van der Waals surface area contributed by atoms with Gasteiger partial charge in [-0.25, -0.2) is 0 Å². The molecule has 0 aliphatic carbocycles. The van der Waals surface area contributed by atoms with Crippen molar-refractivity contribution in [2.45, 2.75) is 44.7 Å². The maximum Gasteiger partial charge on any atom is 0.120 e. The molecular weight excluding hydrogens is 94.9 g/mol. The fourth-order valence-corrected chi connectivity index (χ4v) is 1.41. The number of hydrogen-bond donors (Lipinski definition) is 0. The van der Waals surface area contributed by atoms with E-state index in [-0.39, 0.29) is 0 Å². The summed E-state index contributed by atoms with van der Waals surface area (Å²) in [6, 6.07) is 0. The first-order valence-electron chi connectivity index (χ1n) is 4.00. The summed E-state index contributed by atoms with van der Waals surface area (Å²) >= 11 is 0. The van der Waals surface area contributed by atoms with Gasteiger partial charge in [-0.15, -0.1) is 0 Å². The minimum atomic E-state index is 1.50. The van der Waals surface area contributed by atoms with Crippen molar-refractivity contribution >= 4 is 7.28 Å². The molecule has 0 saturated carbocycles. The summed E-state index contributed by atoms with van der Waals surface area (Å²) in [6.45, 7) is 0. The lowest BCUT2D eigenvalue weighted by Gasteiger charge is -2.04. The quantitative estimate of drug-likeness (QED) is 0.419. The molecule has 0 atom stereocenters. The van der Waals surface area contributed by atoms with Crippen molar-refractivity contribution in [1.82, 2.24) is 0 Å².